The van der Waals surface area contributed by atoms with E-state index in [-0.39, 0.29) is 19.0 Å². The molecule has 0 saturated carbocycles. The lowest BCUT2D eigenvalue weighted by Crippen LogP contribution is -2.45. The number of aliphatic carboxylic acids is 1. The zero-order chi connectivity index (χ0) is 11.1. The molecular formula is C9H16N2O3. The van der Waals surface area contributed by atoms with Crippen LogP contribution in [0.2, 0.25) is 0 Å². The highest BCUT2D eigenvalue weighted by molar-refractivity contribution is 5.85. The Morgan fingerprint density at radius 1 is 1.64 bits per heavy atom. The van der Waals surface area contributed by atoms with Gasteiger partial charge in [-0.2, -0.15) is 0 Å². The van der Waals surface area contributed by atoms with Gasteiger partial charge in [0.1, 0.15) is 6.54 Å². The summed E-state index contributed by atoms with van der Waals surface area (Å²) in [6.07, 6.45) is 1.97. The van der Waals surface area contributed by atoms with Crippen LogP contribution in [0.4, 0.5) is 0 Å². The second-order valence-electron chi connectivity index (χ2n) is 2.92. The van der Waals surface area contributed by atoms with Crippen LogP contribution in [-0.2, 0) is 9.59 Å². The van der Waals surface area contributed by atoms with E-state index in [9.17, 15) is 9.59 Å². The third-order valence-corrected chi connectivity index (χ3v) is 1.74. The van der Waals surface area contributed by atoms with Crippen molar-refractivity contribution in [2.45, 2.75) is 19.4 Å². The van der Waals surface area contributed by atoms with E-state index in [1.807, 2.05) is 0 Å². The maximum Gasteiger partial charge on any atom is 0.323 e. The van der Waals surface area contributed by atoms with Gasteiger partial charge in [0.2, 0.25) is 5.91 Å². The van der Waals surface area contributed by atoms with Gasteiger partial charge in [0, 0.05) is 6.54 Å². The molecule has 80 valence electrons. The first-order valence-electron chi connectivity index (χ1n) is 4.40. The lowest BCUT2D eigenvalue weighted by Gasteiger charge is -2.21. The van der Waals surface area contributed by atoms with Gasteiger partial charge >= 0.3 is 5.97 Å². The van der Waals surface area contributed by atoms with E-state index in [1.165, 1.54) is 11.0 Å². The fraction of sp³-hybridized carbons (Fsp3) is 0.556. The smallest absolute Gasteiger partial charge is 0.323 e. The van der Waals surface area contributed by atoms with Crippen molar-refractivity contribution in [3.05, 3.63) is 12.7 Å². The van der Waals surface area contributed by atoms with Crippen molar-refractivity contribution >= 4 is 11.9 Å². The van der Waals surface area contributed by atoms with Crippen molar-refractivity contribution in [3.8, 4) is 0 Å². The molecule has 5 nitrogen and oxygen atoms in total. The van der Waals surface area contributed by atoms with E-state index < -0.39 is 12.0 Å². The molecule has 0 heterocycles. The fourth-order valence-corrected chi connectivity index (χ4v) is 0.961. The molecule has 1 unspecified atom stereocenters. The molecule has 0 aliphatic rings. The van der Waals surface area contributed by atoms with E-state index in [0.29, 0.717) is 6.42 Å². The predicted molar refractivity (Wildman–Crippen MR) is 52.7 cm³/mol. The molecule has 1 atom stereocenters. The van der Waals surface area contributed by atoms with Crippen LogP contribution in [0.15, 0.2) is 12.7 Å². The minimum atomic E-state index is -1.05. The van der Waals surface area contributed by atoms with Crippen LogP contribution in [0, 0.1) is 0 Å². The maximum absolute atomic E-state index is 11.5. The molecule has 0 bridgehead atoms. The maximum atomic E-state index is 11.5. The highest BCUT2D eigenvalue weighted by Gasteiger charge is 2.20. The number of carboxylic acid groups (broad SMARTS) is 1. The number of hydrogen-bond acceptors (Lipinski definition) is 3. The molecule has 0 rings (SSSR count). The van der Waals surface area contributed by atoms with Gasteiger partial charge in [0.25, 0.3) is 0 Å². The minimum Gasteiger partial charge on any atom is -0.480 e. The van der Waals surface area contributed by atoms with Gasteiger partial charge in [-0.05, 0) is 6.42 Å². The number of hydrogen-bond donors (Lipinski definition) is 2. The normalized spacial score (nSPS) is 11.9. The number of rotatable bonds is 6. The average molecular weight is 200 g/mol. The summed E-state index contributed by atoms with van der Waals surface area (Å²) in [5, 5.41) is 8.54. The van der Waals surface area contributed by atoms with Gasteiger partial charge in [-0.15, -0.1) is 6.58 Å². The number of carbonyl (C=O) groups is 2. The summed E-state index contributed by atoms with van der Waals surface area (Å²) in [5.41, 5.74) is 5.50. The highest BCUT2D eigenvalue weighted by atomic mass is 16.4. The molecule has 0 spiro atoms. The molecule has 5 heteroatoms. The van der Waals surface area contributed by atoms with Gasteiger partial charge in [-0.3, -0.25) is 9.59 Å². The quantitative estimate of drug-likeness (QED) is 0.583. The molecule has 3 N–H and O–H groups in total. The number of nitrogens with zero attached hydrogens (tertiary/aromatic N) is 1. The van der Waals surface area contributed by atoms with Crippen molar-refractivity contribution in [1.29, 1.82) is 0 Å². The van der Waals surface area contributed by atoms with E-state index in [0.717, 1.165) is 0 Å². The van der Waals surface area contributed by atoms with Crippen molar-refractivity contribution in [2.75, 3.05) is 13.1 Å². The molecule has 0 aliphatic heterocycles. The second-order valence-corrected chi connectivity index (χ2v) is 2.92. The Kier molecular flexibility index (Phi) is 5.55. The lowest BCUT2D eigenvalue weighted by molar-refractivity contribution is -0.144. The standard InChI is InChI=1S/C9H16N2O3/c1-3-5-11(6-8(12)13)9(14)7(10)4-2/h3,7H,1,4-6,10H2,2H3,(H,12,13). The zero-order valence-corrected chi connectivity index (χ0v) is 8.27. The van der Waals surface area contributed by atoms with Crippen LogP contribution in [0.3, 0.4) is 0 Å². The number of carbonyl (C=O) groups excluding carboxylic acids is 1. The Morgan fingerprint density at radius 2 is 2.21 bits per heavy atom. The summed E-state index contributed by atoms with van der Waals surface area (Å²) in [7, 11) is 0. The number of nitrogens with two attached hydrogens (primary N) is 1. The van der Waals surface area contributed by atoms with Crippen molar-refractivity contribution in [1.82, 2.24) is 4.90 Å². The monoisotopic (exact) mass is 200 g/mol. The summed E-state index contributed by atoms with van der Waals surface area (Å²) in [4.78, 5) is 23.1. The Hall–Kier alpha value is -1.36. The molecule has 1 amide bonds. The Morgan fingerprint density at radius 3 is 2.57 bits per heavy atom. The molecule has 0 aromatic carbocycles. The van der Waals surface area contributed by atoms with Gasteiger partial charge in [-0.25, -0.2) is 0 Å². The first kappa shape index (κ1) is 12.6. The molecule has 0 fully saturated rings. The molecule has 0 saturated heterocycles. The number of carboxylic acids is 1. The second kappa shape index (κ2) is 6.15. The van der Waals surface area contributed by atoms with E-state index in [4.69, 9.17) is 10.8 Å². The van der Waals surface area contributed by atoms with Crippen molar-refractivity contribution in [3.63, 3.8) is 0 Å². The van der Waals surface area contributed by atoms with Crippen LogP contribution in [-0.4, -0.2) is 41.0 Å². The van der Waals surface area contributed by atoms with Gasteiger partial charge in [-0.1, -0.05) is 13.0 Å². The summed E-state index contributed by atoms with van der Waals surface area (Å²) >= 11 is 0. The van der Waals surface area contributed by atoms with E-state index in [1.54, 1.807) is 6.92 Å². The third-order valence-electron chi connectivity index (χ3n) is 1.74. The molecule has 0 aromatic heterocycles. The van der Waals surface area contributed by atoms with Crippen molar-refractivity contribution < 1.29 is 14.7 Å². The highest BCUT2D eigenvalue weighted by Crippen LogP contribution is 1.97. The molecule has 0 aromatic rings. The van der Waals surface area contributed by atoms with Gasteiger partial charge in [0.15, 0.2) is 0 Å². The minimum absolute atomic E-state index is 0.207. The molecule has 0 radical (unpaired) electrons. The topological polar surface area (TPSA) is 83.6 Å². The fourth-order valence-electron chi connectivity index (χ4n) is 0.961. The van der Waals surface area contributed by atoms with E-state index in [2.05, 4.69) is 6.58 Å². The Bertz CT molecular complexity index is 228. The summed E-state index contributed by atoms with van der Waals surface area (Å²) in [5.74, 6) is -1.40. The van der Waals surface area contributed by atoms with Crippen LogP contribution >= 0.6 is 0 Å². The molecule has 14 heavy (non-hydrogen) atoms. The average Bonchev–Trinajstić information content (AvgIpc) is 2.14. The Labute approximate surface area is 83.2 Å². The predicted octanol–water partition coefficient (Wildman–Crippen LogP) is -0.177. The SMILES string of the molecule is C=CCN(CC(=O)O)C(=O)C(N)CC. The lowest BCUT2D eigenvalue weighted by atomic mass is 10.2. The summed E-state index contributed by atoms with van der Waals surface area (Å²) in [6.45, 7) is 5.09. The van der Waals surface area contributed by atoms with Crippen LogP contribution in [0.25, 0.3) is 0 Å². The van der Waals surface area contributed by atoms with Gasteiger partial charge in [0.05, 0.1) is 6.04 Å². The Balaban J connectivity index is 4.39. The summed E-state index contributed by atoms with van der Waals surface area (Å²) < 4.78 is 0. The van der Waals surface area contributed by atoms with Crippen LogP contribution < -0.4 is 5.73 Å². The van der Waals surface area contributed by atoms with Gasteiger partial charge < -0.3 is 15.7 Å². The largest absolute Gasteiger partial charge is 0.480 e. The van der Waals surface area contributed by atoms with Crippen LogP contribution in [0.1, 0.15) is 13.3 Å². The third kappa shape index (κ3) is 4.04. The summed E-state index contributed by atoms with van der Waals surface area (Å²) in [6, 6.07) is -0.630. The number of amides is 1. The first-order chi connectivity index (χ1) is 6.52. The zero-order valence-electron chi connectivity index (χ0n) is 8.27. The molecular weight excluding hydrogens is 184 g/mol. The van der Waals surface area contributed by atoms with E-state index >= 15 is 0 Å². The molecule has 0 aliphatic carbocycles. The van der Waals surface area contributed by atoms with Crippen molar-refractivity contribution in [2.24, 2.45) is 5.73 Å². The van der Waals surface area contributed by atoms with Crippen LogP contribution in [0.5, 0.6) is 0 Å². The first-order valence-corrected chi connectivity index (χ1v) is 4.40.